The number of rotatable bonds is 7. The Morgan fingerprint density at radius 2 is 1.90 bits per heavy atom. The molecule has 1 amide bonds. The summed E-state index contributed by atoms with van der Waals surface area (Å²) in [5, 5.41) is 11.9. The lowest BCUT2D eigenvalue weighted by atomic mass is 9.99. The van der Waals surface area contributed by atoms with Crippen LogP contribution in [0.5, 0.6) is 5.75 Å². The van der Waals surface area contributed by atoms with E-state index in [9.17, 15) is 28.0 Å². The summed E-state index contributed by atoms with van der Waals surface area (Å²) in [4.78, 5) is 28.4. The number of alkyl halides is 3. The lowest BCUT2D eigenvalue weighted by Crippen LogP contribution is -2.35. The van der Waals surface area contributed by atoms with Crippen LogP contribution in [-0.2, 0) is 17.4 Å². The van der Waals surface area contributed by atoms with Gasteiger partial charge in [0, 0.05) is 24.5 Å². The molecule has 1 atom stereocenters. The number of hydrogen-bond acceptors (Lipinski definition) is 5. The van der Waals surface area contributed by atoms with Crippen LogP contribution >= 0.6 is 0 Å². The molecule has 0 saturated heterocycles. The quantitative estimate of drug-likeness (QED) is 0.459. The number of methoxy groups -OCH3 is 1. The molecule has 3 rings (SSSR count). The van der Waals surface area contributed by atoms with Crippen LogP contribution in [0, 0.1) is 17.2 Å². The molecule has 3 aromatic rings. The molecule has 0 aliphatic carbocycles. The summed E-state index contributed by atoms with van der Waals surface area (Å²) in [5.74, 6) is -2.52. The lowest BCUT2D eigenvalue weighted by molar-refractivity contribution is -0.140. The number of aromatic nitrogens is 2. The first-order valence-electron chi connectivity index (χ1n) is 9.13. The molecule has 31 heavy (non-hydrogen) atoms. The van der Waals surface area contributed by atoms with Crippen molar-refractivity contribution in [3.63, 3.8) is 0 Å². The van der Waals surface area contributed by atoms with Gasteiger partial charge in [-0.1, -0.05) is 12.1 Å². The molecule has 2 aromatic heterocycles. The van der Waals surface area contributed by atoms with Crippen molar-refractivity contribution in [2.24, 2.45) is 5.92 Å². The van der Waals surface area contributed by atoms with E-state index in [4.69, 9.17) is 4.74 Å². The van der Waals surface area contributed by atoms with Crippen molar-refractivity contribution >= 4 is 17.3 Å². The number of carbonyl (C=O) groups is 2. The van der Waals surface area contributed by atoms with Gasteiger partial charge in [0.15, 0.2) is 17.4 Å². The van der Waals surface area contributed by atoms with Crippen LogP contribution in [-0.4, -0.2) is 34.7 Å². The average molecular weight is 430 g/mol. The summed E-state index contributed by atoms with van der Waals surface area (Å²) in [5.41, 5.74) is -0.269. The van der Waals surface area contributed by atoms with Gasteiger partial charge in [-0.15, -0.1) is 0 Å². The van der Waals surface area contributed by atoms with Crippen LogP contribution in [0.3, 0.4) is 0 Å². The van der Waals surface area contributed by atoms with E-state index >= 15 is 0 Å². The van der Waals surface area contributed by atoms with Gasteiger partial charge in [0.2, 0.25) is 5.91 Å². The molecular weight excluding hydrogens is 413 g/mol. The number of nitriles is 1. The Kier molecular flexibility index (Phi) is 6.25. The smallest absolute Gasteiger partial charge is 0.434 e. The molecule has 0 spiro atoms. The summed E-state index contributed by atoms with van der Waals surface area (Å²) in [6.45, 7) is 0.201. The van der Waals surface area contributed by atoms with Gasteiger partial charge in [-0.2, -0.15) is 18.4 Å². The van der Waals surface area contributed by atoms with E-state index in [0.29, 0.717) is 12.2 Å². The number of hydrogen-bond donors (Lipinski definition) is 1. The Bertz CT molecular complexity index is 1150. The summed E-state index contributed by atoms with van der Waals surface area (Å²) >= 11 is 0. The minimum Gasteiger partial charge on any atom is -0.497 e. The number of imidazole rings is 1. The number of nitrogens with zero attached hydrogens (tertiary/aromatic N) is 3. The van der Waals surface area contributed by atoms with Crippen molar-refractivity contribution < 1.29 is 27.5 Å². The number of halogens is 3. The second-order valence-electron chi connectivity index (χ2n) is 6.62. The fraction of sp³-hybridized carbons (Fsp3) is 0.238. The number of carbonyl (C=O) groups excluding carboxylic acids is 2. The molecule has 0 radical (unpaired) electrons. The highest BCUT2D eigenvalue weighted by atomic mass is 19.4. The summed E-state index contributed by atoms with van der Waals surface area (Å²) in [7, 11) is 1.55. The fourth-order valence-electron chi connectivity index (χ4n) is 2.90. The number of amides is 1. The number of ketones is 1. The highest BCUT2D eigenvalue weighted by Crippen LogP contribution is 2.28. The maximum atomic E-state index is 12.8. The van der Waals surface area contributed by atoms with E-state index in [1.807, 2.05) is 12.1 Å². The highest BCUT2D eigenvalue weighted by Gasteiger charge is 2.34. The van der Waals surface area contributed by atoms with E-state index in [1.165, 1.54) is 12.1 Å². The van der Waals surface area contributed by atoms with E-state index < -0.39 is 29.5 Å². The van der Waals surface area contributed by atoms with Crippen molar-refractivity contribution in [3.05, 3.63) is 65.6 Å². The van der Waals surface area contributed by atoms with Gasteiger partial charge in [0.05, 0.1) is 13.2 Å². The Hall–Kier alpha value is -3.87. The van der Waals surface area contributed by atoms with Gasteiger partial charge in [0.1, 0.15) is 11.4 Å². The summed E-state index contributed by atoms with van der Waals surface area (Å²) in [6, 6.07) is 11.3. The van der Waals surface area contributed by atoms with Crippen molar-refractivity contribution in [2.45, 2.75) is 12.6 Å². The zero-order valence-corrected chi connectivity index (χ0v) is 16.3. The first-order chi connectivity index (χ1) is 14.7. The standard InChI is InChI=1S/C21H17F3N4O3/c1-31-15-5-2-13(3-6-15)8-9-26-20(30)16(10-25)19(29)14-4-7-18-27-17(21(22,23)24)12-28(18)11-14/h2-7,11-12,16H,8-9H2,1H3,(H,26,30). The van der Waals surface area contributed by atoms with Crippen molar-refractivity contribution in [1.29, 1.82) is 5.26 Å². The first kappa shape index (κ1) is 21.8. The normalized spacial score (nSPS) is 12.2. The van der Waals surface area contributed by atoms with E-state index in [1.54, 1.807) is 25.3 Å². The molecule has 0 saturated carbocycles. The predicted octanol–water partition coefficient (Wildman–Crippen LogP) is 3.04. The Morgan fingerprint density at radius 1 is 1.19 bits per heavy atom. The third kappa shape index (κ3) is 5.01. The first-order valence-corrected chi connectivity index (χ1v) is 9.13. The van der Waals surface area contributed by atoms with Crippen LogP contribution in [0.4, 0.5) is 13.2 Å². The number of Topliss-reactive ketones (excluding diaryl/α,β-unsaturated/α-hetero) is 1. The van der Waals surface area contributed by atoms with Gasteiger partial charge in [-0.25, -0.2) is 4.98 Å². The second kappa shape index (κ2) is 8.87. The van der Waals surface area contributed by atoms with Crippen LogP contribution < -0.4 is 10.1 Å². The molecule has 2 heterocycles. The summed E-state index contributed by atoms with van der Waals surface area (Å²) in [6.07, 6.45) is -2.30. The molecule has 1 unspecified atom stereocenters. The van der Waals surface area contributed by atoms with Crippen LogP contribution in [0.15, 0.2) is 48.8 Å². The van der Waals surface area contributed by atoms with E-state index in [0.717, 1.165) is 22.4 Å². The number of fused-ring (bicyclic) bond motifs is 1. The molecule has 0 bridgehead atoms. The van der Waals surface area contributed by atoms with Crippen LogP contribution in [0.1, 0.15) is 21.6 Å². The maximum absolute atomic E-state index is 12.8. The minimum absolute atomic E-state index is 0.0127. The monoisotopic (exact) mass is 430 g/mol. The summed E-state index contributed by atoms with van der Waals surface area (Å²) < 4.78 is 44.5. The predicted molar refractivity (Wildman–Crippen MR) is 103 cm³/mol. The van der Waals surface area contributed by atoms with Crippen LogP contribution in [0.2, 0.25) is 0 Å². The van der Waals surface area contributed by atoms with Gasteiger partial charge in [-0.05, 0) is 36.2 Å². The Morgan fingerprint density at radius 3 is 2.52 bits per heavy atom. The minimum atomic E-state index is -4.63. The Balaban J connectivity index is 1.67. The number of nitrogens with one attached hydrogen (secondary N) is 1. The molecule has 10 heteroatoms. The molecule has 0 fully saturated rings. The van der Waals surface area contributed by atoms with Gasteiger partial charge in [-0.3, -0.25) is 9.59 Å². The maximum Gasteiger partial charge on any atom is 0.434 e. The van der Waals surface area contributed by atoms with Gasteiger partial charge < -0.3 is 14.5 Å². The van der Waals surface area contributed by atoms with Crippen molar-refractivity contribution in [2.75, 3.05) is 13.7 Å². The molecule has 160 valence electrons. The second-order valence-corrected chi connectivity index (χ2v) is 6.62. The molecular formula is C21H17F3N4O3. The van der Waals surface area contributed by atoms with E-state index in [-0.39, 0.29) is 17.8 Å². The fourth-order valence-corrected chi connectivity index (χ4v) is 2.90. The molecule has 0 aliphatic rings. The number of pyridine rings is 1. The third-order valence-electron chi connectivity index (χ3n) is 4.55. The zero-order valence-electron chi connectivity index (χ0n) is 16.3. The zero-order chi connectivity index (χ0) is 22.6. The SMILES string of the molecule is COc1ccc(CCNC(=O)C(C#N)C(=O)c2ccc3nc(C(F)(F)F)cn3c2)cc1. The number of benzene rings is 1. The largest absolute Gasteiger partial charge is 0.497 e. The topological polar surface area (TPSA) is 96.5 Å². The average Bonchev–Trinajstić information content (AvgIpc) is 3.18. The van der Waals surface area contributed by atoms with Crippen molar-refractivity contribution in [1.82, 2.24) is 14.7 Å². The number of ether oxygens (including phenoxy) is 1. The third-order valence-corrected chi connectivity index (χ3v) is 4.55. The van der Waals surface area contributed by atoms with Gasteiger partial charge in [0.25, 0.3) is 0 Å². The highest BCUT2D eigenvalue weighted by molar-refractivity contribution is 6.12. The molecule has 1 N–H and O–H groups in total. The molecule has 0 aliphatic heterocycles. The molecule has 7 nitrogen and oxygen atoms in total. The Labute approximate surface area is 175 Å². The van der Waals surface area contributed by atoms with Gasteiger partial charge >= 0.3 is 6.18 Å². The van der Waals surface area contributed by atoms with Crippen molar-refractivity contribution in [3.8, 4) is 11.8 Å². The van der Waals surface area contributed by atoms with E-state index in [2.05, 4.69) is 10.3 Å². The van der Waals surface area contributed by atoms with Crippen LogP contribution in [0.25, 0.3) is 5.65 Å². The molecule has 1 aromatic carbocycles. The lowest BCUT2D eigenvalue weighted by Gasteiger charge is -2.10.